The van der Waals surface area contributed by atoms with Gasteiger partial charge in [-0.15, -0.1) is 0 Å². The minimum absolute atomic E-state index is 0.176. The lowest BCUT2D eigenvalue weighted by atomic mass is 9.65. The lowest BCUT2D eigenvalue weighted by Gasteiger charge is -2.40. The van der Waals surface area contributed by atoms with Crippen molar-refractivity contribution in [1.29, 1.82) is 0 Å². The van der Waals surface area contributed by atoms with Crippen molar-refractivity contribution in [2.45, 2.75) is 30.7 Å². The molecule has 0 radical (unpaired) electrons. The molecule has 0 spiro atoms. The second-order valence-corrected chi connectivity index (χ2v) is 10.7. The molecule has 7 unspecified atom stereocenters. The molecule has 1 nitrogen and oxygen atoms in total. The number of allylic oxidation sites excluding steroid dienone is 4. The van der Waals surface area contributed by atoms with E-state index in [0.717, 1.165) is 22.3 Å². The van der Waals surface area contributed by atoms with Gasteiger partial charge in [0.2, 0.25) is 0 Å². The van der Waals surface area contributed by atoms with Gasteiger partial charge in [0.25, 0.3) is 0 Å². The molecule has 3 aromatic carbocycles. The van der Waals surface area contributed by atoms with Crippen LogP contribution in [0.4, 0.5) is 8.78 Å². The Morgan fingerprint density at radius 2 is 1.29 bits per heavy atom. The van der Waals surface area contributed by atoms with E-state index in [1.54, 1.807) is 24.3 Å². The van der Waals surface area contributed by atoms with Crippen LogP contribution in [-0.2, 0) is 0 Å². The molecule has 6 rings (SSSR count). The summed E-state index contributed by atoms with van der Waals surface area (Å²) in [5, 5.41) is 0. The van der Waals surface area contributed by atoms with Crippen molar-refractivity contribution in [2.75, 3.05) is 14.1 Å². The van der Waals surface area contributed by atoms with Gasteiger partial charge in [0.05, 0.1) is 0 Å². The molecule has 0 aliphatic heterocycles. The summed E-state index contributed by atoms with van der Waals surface area (Å²) < 4.78 is 29.1. The molecule has 0 saturated heterocycles. The number of rotatable bonds is 3. The van der Waals surface area contributed by atoms with E-state index in [-0.39, 0.29) is 35.4 Å². The lowest BCUT2D eigenvalue weighted by molar-refractivity contribution is 0.163. The zero-order chi connectivity index (χ0) is 24.3. The maximum absolute atomic E-state index is 14.6. The first-order valence-electron chi connectivity index (χ1n) is 12.6. The van der Waals surface area contributed by atoms with Crippen LogP contribution < -0.4 is 0 Å². The average molecular weight is 468 g/mol. The first-order chi connectivity index (χ1) is 17.0. The van der Waals surface area contributed by atoms with E-state index in [1.807, 2.05) is 12.1 Å². The van der Waals surface area contributed by atoms with Crippen LogP contribution in [0.1, 0.15) is 41.4 Å². The van der Waals surface area contributed by atoms with Gasteiger partial charge >= 0.3 is 0 Å². The third kappa shape index (κ3) is 3.51. The summed E-state index contributed by atoms with van der Waals surface area (Å²) >= 11 is 0. The van der Waals surface area contributed by atoms with Crippen LogP contribution in [0.25, 0.3) is 11.1 Å². The molecular formula is C32H31F2N. The van der Waals surface area contributed by atoms with E-state index < -0.39 is 0 Å². The first-order valence-corrected chi connectivity index (χ1v) is 12.6. The molecule has 3 aromatic rings. The van der Waals surface area contributed by atoms with Crippen molar-refractivity contribution < 1.29 is 8.78 Å². The van der Waals surface area contributed by atoms with Crippen molar-refractivity contribution in [2.24, 2.45) is 17.8 Å². The predicted octanol–water partition coefficient (Wildman–Crippen LogP) is 7.53. The summed E-state index contributed by atoms with van der Waals surface area (Å²) in [6.07, 6.45) is 9.01. The molecule has 178 valence electrons. The maximum atomic E-state index is 14.6. The minimum Gasteiger partial charge on any atom is -0.305 e. The van der Waals surface area contributed by atoms with Crippen LogP contribution in [-0.4, -0.2) is 25.0 Å². The zero-order valence-electron chi connectivity index (χ0n) is 20.4. The molecule has 3 aliphatic rings. The highest BCUT2D eigenvalue weighted by Gasteiger charge is 2.57. The Labute approximate surface area is 206 Å². The molecule has 0 amide bonds. The average Bonchev–Trinajstić information content (AvgIpc) is 3.21. The number of benzene rings is 3. The van der Waals surface area contributed by atoms with Gasteiger partial charge in [-0.25, -0.2) is 8.78 Å². The zero-order valence-corrected chi connectivity index (χ0v) is 20.4. The first kappa shape index (κ1) is 22.4. The third-order valence-electron chi connectivity index (χ3n) is 8.68. The monoisotopic (exact) mass is 467 g/mol. The largest absolute Gasteiger partial charge is 0.305 e. The Kier molecular flexibility index (Phi) is 5.49. The van der Waals surface area contributed by atoms with Gasteiger partial charge in [-0.3, -0.25) is 0 Å². The quantitative estimate of drug-likeness (QED) is 0.385. The maximum Gasteiger partial charge on any atom is 0.123 e. The third-order valence-corrected chi connectivity index (χ3v) is 8.68. The second-order valence-electron chi connectivity index (χ2n) is 10.7. The number of hydrogen-bond donors (Lipinski definition) is 0. The van der Waals surface area contributed by atoms with Gasteiger partial charge in [-0.2, -0.15) is 0 Å². The molecule has 0 aromatic heterocycles. The highest BCUT2D eigenvalue weighted by atomic mass is 19.1. The summed E-state index contributed by atoms with van der Waals surface area (Å²) in [7, 11) is 4.38. The smallest absolute Gasteiger partial charge is 0.123 e. The predicted molar refractivity (Wildman–Crippen MR) is 138 cm³/mol. The van der Waals surface area contributed by atoms with Gasteiger partial charge in [0, 0.05) is 17.9 Å². The number of hydrogen-bond acceptors (Lipinski definition) is 1. The summed E-state index contributed by atoms with van der Waals surface area (Å²) in [6, 6.07) is 21.4. The Balaban J connectivity index is 1.65. The van der Waals surface area contributed by atoms with Crippen LogP contribution in [0.2, 0.25) is 0 Å². The van der Waals surface area contributed by atoms with E-state index in [9.17, 15) is 8.78 Å². The summed E-state index contributed by atoms with van der Waals surface area (Å²) in [5.74, 6) is 1.13. The van der Waals surface area contributed by atoms with Gasteiger partial charge in [-0.05, 0) is 89.8 Å². The molecule has 7 atom stereocenters. The van der Waals surface area contributed by atoms with E-state index in [1.165, 1.54) is 5.56 Å². The van der Waals surface area contributed by atoms with Crippen molar-refractivity contribution in [3.05, 3.63) is 119 Å². The Bertz CT molecular complexity index is 1310. The van der Waals surface area contributed by atoms with E-state index in [2.05, 4.69) is 80.6 Å². The molecule has 0 N–H and O–H groups in total. The van der Waals surface area contributed by atoms with E-state index >= 15 is 0 Å². The van der Waals surface area contributed by atoms with Crippen LogP contribution >= 0.6 is 0 Å². The molecule has 1 saturated carbocycles. The molecule has 0 bridgehead atoms. The van der Waals surface area contributed by atoms with E-state index in [4.69, 9.17) is 0 Å². The summed E-state index contributed by atoms with van der Waals surface area (Å²) in [5.41, 5.74) is 5.29. The highest BCUT2D eigenvalue weighted by Crippen LogP contribution is 2.65. The Morgan fingerprint density at radius 3 is 1.89 bits per heavy atom. The molecule has 35 heavy (non-hydrogen) atoms. The van der Waals surface area contributed by atoms with Gasteiger partial charge in [-0.1, -0.05) is 73.7 Å². The summed E-state index contributed by atoms with van der Waals surface area (Å²) in [6.45, 7) is 2.31. The fourth-order valence-corrected chi connectivity index (χ4v) is 7.45. The Morgan fingerprint density at radius 1 is 0.686 bits per heavy atom. The van der Waals surface area contributed by atoms with Crippen molar-refractivity contribution in [3.8, 4) is 11.1 Å². The fourth-order valence-electron chi connectivity index (χ4n) is 7.45. The topological polar surface area (TPSA) is 3.24 Å². The number of fused-ring (bicyclic) bond motifs is 6. The molecular weight excluding hydrogens is 436 g/mol. The van der Waals surface area contributed by atoms with Gasteiger partial charge in [0.15, 0.2) is 0 Å². The Hall–Kier alpha value is -3.04. The van der Waals surface area contributed by atoms with Gasteiger partial charge < -0.3 is 4.90 Å². The standard InChI is InChI=1S/C32H31F2N/c1-19-9-7-8-12-23(19)31-30-25-16-14-22(34)18-27(25)26-17-21(33)13-15-24(26)29(30)28(32(31)35(2)3)20-10-5-4-6-11-20/h4-19,23,28-32H,1-3H3. The van der Waals surface area contributed by atoms with Gasteiger partial charge in [0.1, 0.15) is 11.6 Å². The van der Waals surface area contributed by atoms with E-state index in [0.29, 0.717) is 17.8 Å². The molecule has 0 heterocycles. The lowest BCUT2D eigenvalue weighted by Crippen LogP contribution is -2.41. The van der Waals surface area contributed by atoms with Crippen molar-refractivity contribution >= 4 is 0 Å². The van der Waals surface area contributed by atoms with Crippen LogP contribution in [0, 0.1) is 29.4 Å². The number of halogens is 2. The highest BCUT2D eigenvalue weighted by molar-refractivity contribution is 5.76. The number of nitrogens with zero attached hydrogens (tertiary/aromatic N) is 1. The van der Waals surface area contributed by atoms with Crippen LogP contribution in [0.5, 0.6) is 0 Å². The molecule has 3 heteroatoms. The van der Waals surface area contributed by atoms with Crippen molar-refractivity contribution in [3.63, 3.8) is 0 Å². The fraction of sp³-hybridized carbons (Fsp3) is 0.312. The SMILES string of the molecule is CC1C=CC=CC1C1C2c3ccc(F)cc3-c3cc(F)ccc3C2C(c2ccccc2)C1N(C)C. The molecule has 3 aliphatic carbocycles. The summed E-state index contributed by atoms with van der Waals surface area (Å²) in [4.78, 5) is 2.39. The van der Waals surface area contributed by atoms with Crippen molar-refractivity contribution in [1.82, 2.24) is 4.90 Å². The molecule has 1 fully saturated rings. The van der Waals surface area contributed by atoms with Crippen LogP contribution in [0.15, 0.2) is 91.0 Å². The number of likely N-dealkylation sites (N-methyl/N-ethyl adjacent to an activating group) is 1. The normalized spacial score (nSPS) is 30.7. The minimum atomic E-state index is -0.277. The second kappa shape index (κ2) is 8.57. The van der Waals surface area contributed by atoms with Crippen LogP contribution in [0.3, 0.4) is 0 Å².